The molecule has 0 unspecified atom stereocenters. The van der Waals surface area contributed by atoms with Crippen LogP contribution in [0.3, 0.4) is 0 Å². The smallest absolute Gasteiger partial charge is 0.118 e. The molecule has 1 aliphatic carbocycles. The molecule has 1 aromatic carbocycles. The number of nitrogens with one attached hydrogen (secondary N) is 1. The standard InChI is InChI=1S/C16H22NO/c1-12(17)11-13-3-5-14(6-4-13)15-7-9-16(18-2)10-8-15/h7-10,13-14,17H,1,3-6,11H2,2H3. The van der Waals surface area contributed by atoms with Gasteiger partial charge in [0.05, 0.1) is 7.11 Å². The third-order valence-electron chi connectivity index (χ3n) is 3.97. The Bertz CT molecular complexity index is 388. The Morgan fingerprint density at radius 1 is 1.22 bits per heavy atom. The maximum absolute atomic E-state index is 7.46. The SMILES string of the molecule is [CH2]C(=N)CC1CCC(c2ccc(OC)cc2)CC1. The van der Waals surface area contributed by atoms with Crippen LogP contribution >= 0.6 is 0 Å². The highest BCUT2D eigenvalue weighted by Gasteiger charge is 2.22. The lowest BCUT2D eigenvalue weighted by molar-refractivity contribution is 0.333. The van der Waals surface area contributed by atoms with Crippen molar-refractivity contribution in [2.75, 3.05) is 7.11 Å². The highest BCUT2D eigenvalue weighted by atomic mass is 16.5. The Balaban J connectivity index is 1.90. The van der Waals surface area contributed by atoms with Gasteiger partial charge in [-0.05, 0) is 68.6 Å². The predicted octanol–water partition coefficient (Wildman–Crippen LogP) is 4.21. The molecule has 1 N–H and O–H groups in total. The van der Waals surface area contributed by atoms with Crippen molar-refractivity contribution in [1.82, 2.24) is 0 Å². The van der Waals surface area contributed by atoms with Crippen molar-refractivity contribution in [3.63, 3.8) is 0 Å². The number of methoxy groups -OCH3 is 1. The summed E-state index contributed by atoms with van der Waals surface area (Å²) in [5, 5.41) is 7.46. The van der Waals surface area contributed by atoms with Crippen molar-refractivity contribution in [3.8, 4) is 5.75 Å². The Morgan fingerprint density at radius 2 is 1.83 bits per heavy atom. The molecule has 1 saturated carbocycles. The molecule has 0 aromatic heterocycles. The molecular formula is C16H22NO. The highest BCUT2D eigenvalue weighted by molar-refractivity contribution is 5.85. The second-order valence-corrected chi connectivity index (χ2v) is 5.30. The van der Waals surface area contributed by atoms with E-state index in [2.05, 4.69) is 19.1 Å². The average molecular weight is 244 g/mol. The third kappa shape index (κ3) is 3.34. The van der Waals surface area contributed by atoms with E-state index in [4.69, 9.17) is 10.1 Å². The molecule has 1 radical (unpaired) electrons. The molecule has 0 saturated heterocycles. The van der Waals surface area contributed by atoms with E-state index in [-0.39, 0.29) is 0 Å². The fourth-order valence-electron chi connectivity index (χ4n) is 2.92. The first-order valence-corrected chi connectivity index (χ1v) is 6.72. The number of ether oxygens (including phenoxy) is 1. The minimum atomic E-state index is 0.586. The van der Waals surface area contributed by atoms with E-state index < -0.39 is 0 Å². The minimum absolute atomic E-state index is 0.586. The monoisotopic (exact) mass is 244 g/mol. The van der Waals surface area contributed by atoms with E-state index in [9.17, 15) is 0 Å². The number of benzene rings is 1. The van der Waals surface area contributed by atoms with E-state index in [1.165, 1.54) is 31.2 Å². The molecule has 18 heavy (non-hydrogen) atoms. The summed E-state index contributed by atoms with van der Waals surface area (Å²) in [6.07, 6.45) is 5.83. The molecule has 0 bridgehead atoms. The molecule has 2 rings (SSSR count). The molecule has 1 aromatic rings. The molecule has 2 heteroatoms. The van der Waals surface area contributed by atoms with Gasteiger partial charge in [-0.25, -0.2) is 0 Å². The molecule has 1 fully saturated rings. The second kappa shape index (κ2) is 6.03. The molecule has 0 amide bonds. The number of rotatable bonds is 4. The van der Waals surface area contributed by atoms with Gasteiger partial charge in [0.2, 0.25) is 0 Å². The van der Waals surface area contributed by atoms with Gasteiger partial charge in [0.15, 0.2) is 0 Å². The van der Waals surface area contributed by atoms with Crippen molar-refractivity contribution < 1.29 is 4.74 Å². The first-order chi connectivity index (χ1) is 8.69. The van der Waals surface area contributed by atoms with Gasteiger partial charge in [-0.3, -0.25) is 0 Å². The van der Waals surface area contributed by atoms with E-state index in [1.54, 1.807) is 7.11 Å². The zero-order valence-corrected chi connectivity index (χ0v) is 11.1. The molecule has 2 nitrogen and oxygen atoms in total. The Hall–Kier alpha value is -1.31. The zero-order chi connectivity index (χ0) is 13.0. The average Bonchev–Trinajstić information content (AvgIpc) is 2.39. The van der Waals surface area contributed by atoms with Crippen LogP contribution in [0.25, 0.3) is 0 Å². The third-order valence-corrected chi connectivity index (χ3v) is 3.97. The summed E-state index contributed by atoms with van der Waals surface area (Å²) in [5.74, 6) is 2.30. The lowest BCUT2D eigenvalue weighted by Gasteiger charge is -2.28. The fraction of sp³-hybridized carbons (Fsp3) is 0.500. The van der Waals surface area contributed by atoms with Crippen LogP contribution in [0.4, 0.5) is 0 Å². The summed E-state index contributed by atoms with van der Waals surface area (Å²) < 4.78 is 5.19. The van der Waals surface area contributed by atoms with E-state index in [0.717, 1.165) is 12.2 Å². The lowest BCUT2D eigenvalue weighted by Crippen LogP contribution is -2.15. The fourth-order valence-corrected chi connectivity index (χ4v) is 2.92. The normalized spacial score (nSPS) is 23.7. The van der Waals surface area contributed by atoms with Gasteiger partial charge in [0.25, 0.3) is 0 Å². The van der Waals surface area contributed by atoms with Gasteiger partial charge in [-0.1, -0.05) is 12.1 Å². The Kier molecular flexibility index (Phi) is 4.40. The van der Waals surface area contributed by atoms with Crippen LogP contribution in [-0.4, -0.2) is 12.8 Å². The van der Waals surface area contributed by atoms with Crippen LogP contribution in [0, 0.1) is 18.3 Å². The summed E-state index contributed by atoms with van der Waals surface area (Å²) in [6.45, 7) is 3.70. The first kappa shape index (κ1) is 13.1. The summed E-state index contributed by atoms with van der Waals surface area (Å²) in [4.78, 5) is 0. The summed E-state index contributed by atoms with van der Waals surface area (Å²) in [5.41, 5.74) is 2.02. The quantitative estimate of drug-likeness (QED) is 0.791. The number of hydrogen-bond acceptors (Lipinski definition) is 2. The largest absolute Gasteiger partial charge is 0.497 e. The topological polar surface area (TPSA) is 33.1 Å². The highest BCUT2D eigenvalue weighted by Crippen LogP contribution is 2.37. The molecule has 0 spiro atoms. The summed E-state index contributed by atoms with van der Waals surface area (Å²) >= 11 is 0. The van der Waals surface area contributed by atoms with Gasteiger partial charge < -0.3 is 10.1 Å². The Morgan fingerprint density at radius 3 is 2.33 bits per heavy atom. The van der Waals surface area contributed by atoms with Crippen molar-refractivity contribution in [3.05, 3.63) is 36.8 Å². The predicted molar refractivity (Wildman–Crippen MR) is 75.4 cm³/mol. The van der Waals surface area contributed by atoms with Crippen molar-refractivity contribution >= 4 is 5.71 Å². The molecule has 0 aliphatic heterocycles. The number of hydrogen-bond donors (Lipinski definition) is 1. The van der Waals surface area contributed by atoms with Gasteiger partial charge >= 0.3 is 0 Å². The molecule has 0 heterocycles. The van der Waals surface area contributed by atoms with Crippen molar-refractivity contribution in [2.45, 2.75) is 38.0 Å². The second-order valence-electron chi connectivity index (χ2n) is 5.30. The maximum atomic E-state index is 7.46. The zero-order valence-electron chi connectivity index (χ0n) is 11.1. The van der Waals surface area contributed by atoms with Crippen LogP contribution < -0.4 is 4.74 Å². The summed E-state index contributed by atoms with van der Waals surface area (Å²) in [6, 6.07) is 8.47. The molecule has 0 atom stereocenters. The lowest BCUT2D eigenvalue weighted by atomic mass is 9.77. The van der Waals surface area contributed by atoms with Crippen LogP contribution in [-0.2, 0) is 0 Å². The van der Waals surface area contributed by atoms with E-state index in [0.29, 0.717) is 17.5 Å². The van der Waals surface area contributed by atoms with Crippen LogP contribution in [0.1, 0.15) is 43.6 Å². The van der Waals surface area contributed by atoms with Crippen LogP contribution in [0.2, 0.25) is 0 Å². The van der Waals surface area contributed by atoms with Crippen LogP contribution in [0.5, 0.6) is 5.75 Å². The van der Waals surface area contributed by atoms with Crippen molar-refractivity contribution in [1.29, 1.82) is 5.41 Å². The molecule has 97 valence electrons. The van der Waals surface area contributed by atoms with E-state index in [1.807, 2.05) is 12.1 Å². The van der Waals surface area contributed by atoms with E-state index >= 15 is 0 Å². The van der Waals surface area contributed by atoms with Gasteiger partial charge in [0, 0.05) is 5.71 Å². The molecular weight excluding hydrogens is 222 g/mol. The Labute approximate surface area is 110 Å². The summed E-state index contributed by atoms with van der Waals surface area (Å²) in [7, 11) is 1.70. The van der Waals surface area contributed by atoms with Gasteiger partial charge in [0.1, 0.15) is 5.75 Å². The molecule has 1 aliphatic rings. The minimum Gasteiger partial charge on any atom is -0.497 e. The van der Waals surface area contributed by atoms with Crippen molar-refractivity contribution in [2.24, 2.45) is 5.92 Å². The van der Waals surface area contributed by atoms with Crippen LogP contribution in [0.15, 0.2) is 24.3 Å². The first-order valence-electron chi connectivity index (χ1n) is 6.72. The van der Waals surface area contributed by atoms with Gasteiger partial charge in [-0.15, -0.1) is 0 Å². The van der Waals surface area contributed by atoms with Gasteiger partial charge in [-0.2, -0.15) is 0 Å². The maximum Gasteiger partial charge on any atom is 0.118 e.